The Labute approximate surface area is 286 Å². The van der Waals surface area contributed by atoms with Crippen molar-refractivity contribution in [2.75, 3.05) is 38.3 Å². The number of rotatable bonds is 3. The average Bonchev–Trinajstić information content (AvgIpc) is 3.19. The molecule has 6 rings (SSSR count). The molecule has 2 aromatic rings. The third-order valence-corrected chi connectivity index (χ3v) is 12.5. The third kappa shape index (κ3) is 7.66. The van der Waals surface area contributed by atoms with E-state index in [0.717, 1.165) is 75.2 Å². The van der Waals surface area contributed by atoms with Gasteiger partial charge >= 0.3 is 0 Å². The Morgan fingerprint density at radius 3 is 2.77 bits per heavy atom. The number of ether oxygens (including phenoxy) is 1. The van der Waals surface area contributed by atoms with Gasteiger partial charge in [-0.15, -0.1) is 0 Å². The van der Waals surface area contributed by atoms with Gasteiger partial charge in [0, 0.05) is 55.1 Å². The molecule has 2 aliphatic heterocycles. The van der Waals surface area contributed by atoms with E-state index < -0.39 is 11.0 Å². The third-order valence-electron chi connectivity index (χ3n) is 10.7. The largest absolute Gasteiger partial charge is 0.490 e. The standard InChI is InChI=1S/C35H46ClN5O3S.CH4O/c1-23-5-3-6-27(20-41(38)16-15-37)30-11-8-28(30)19-40-21-35(14-4-7-25-17-29(36)10-12-31(25)35)22-44-33-13-9-26(18-32(33)40)34(42)39-45(43)24(23)2;1-2/h3,6,9-10,12-13,15-18,23-24,27-28,30H,4-5,7-8,11,14,19-22,37-38H2,1-2H3,(H,39,42);2H,1H3/b6-3+,16-15-;. The van der Waals surface area contributed by atoms with Crippen LogP contribution in [0.25, 0.3) is 0 Å². The van der Waals surface area contributed by atoms with Crippen LogP contribution in [0.4, 0.5) is 5.69 Å². The molecule has 2 bridgehead atoms. The predicted octanol–water partition coefficient (Wildman–Crippen LogP) is 5.05. The summed E-state index contributed by atoms with van der Waals surface area (Å²) in [5.41, 5.74) is 9.49. The van der Waals surface area contributed by atoms with E-state index in [4.69, 9.17) is 33.0 Å². The van der Waals surface area contributed by atoms with Crippen molar-refractivity contribution in [3.05, 3.63) is 82.7 Å². The number of carbonyl (C=O) groups excluding carboxylic acids is 1. The SMILES string of the molecule is CC1C/C=C/C(CN(N)/C=C\N)C2CCC2CN2CC3(CCCc4cc(Cl)ccc43)COc3ccc(cc32)C(=O)NS(=O)C1C.CO. The molecule has 1 amide bonds. The van der Waals surface area contributed by atoms with E-state index >= 15 is 0 Å². The first kappa shape index (κ1) is 35.3. The van der Waals surface area contributed by atoms with Crippen molar-refractivity contribution in [1.29, 1.82) is 0 Å². The van der Waals surface area contributed by atoms with Crippen molar-refractivity contribution in [3.63, 3.8) is 0 Å². The fourth-order valence-corrected chi connectivity index (χ4v) is 9.01. The maximum Gasteiger partial charge on any atom is 0.263 e. The minimum atomic E-state index is -1.53. The Hall–Kier alpha value is -3.05. The summed E-state index contributed by atoms with van der Waals surface area (Å²) in [6, 6.07) is 11.9. The smallest absolute Gasteiger partial charge is 0.263 e. The molecule has 2 aromatic carbocycles. The van der Waals surface area contributed by atoms with Gasteiger partial charge in [-0.3, -0.25) is 9.52 Å². The van der Waals surface area contributed by atoms with Gasteiger partial charge < -0.3 is 25.5 Å². The zero-order chi connectivity index (χ0) is 33.7. The molecule has 256 valence electrons. The first-order chi connectivity index (χ1) is 22.7. The van der Waals surface area contributed by atoms with E-state index in [1.165, 1.54) is 17.3 Å². The van der Waals surface area contributed by atoms with Gasteiger partial charge in [0.2, 0.25) is 0 Å². The maximum absolute atomic E-state index is 13.4. The zero-order valence-electron chi connectivity index (χ0n) is 27.7. The van der Waals surface area contributed by atoms with Crippen molar-refractivity contribution in [2.45, 2.75) is 63.0 Å². The van der Waals surface area contributed by atoms with Crippen molar-refractivity contribution in [1.82, 2.24) is 9.73 Å². The molecule has 0 saturated heterocycles. The number of hydrogen-bond donors (Lipinski definition) is 4. The normalized spacial score (nSPS) is 31.2. The maximum atomic E-state index is 13.4. The highest BCUT2D eigenvalue weighted by Crippen LogP contribution is 2.47. The summed E-state index contributed by atoms with van der Waals surface area (Å²) in [7, 11) is -0.531. The van der Waals surface area contributed by atoms with Crippen molar-refractivity contribution in [3.8, 4) is 5.75 Å². The second-order valence-corrected chi connectivity index (χ2v) is 15.5. The van der Waals surface area contributed by atoms with Crippen LogP contribution in [0, 0.1) is 23.7 Å². The van der Waals surface area contributed by atoms with E-state index in [1.54, 1.807) is 17.3 Å². The number of aliphatic hydroxyl groups excluding tert-OH is 1. The highest BCUT2D eigenvalue weighted by atomic mass is 35.5. The minimum Gasteiger partial charge on any atom is -0.490 e. The zero-order valence-corrected chi connectivity index (χ0v) is 29.3. The number of benzene rings is 2. The summed E-state index contributed by atoms with van der Waals surface area (Å²) in [6.07, 6.45) is 13.8. The molecular formula is C36H50ClN5O4S. The predicted molar refractivity (Wildman–Crippen MR) is 190 cm³/mol. The van der Waals surface area contributed by atoms with Crippen molar-refractivity contribution in [2.24, 2.45) is 35.2 Å². The highest BCUT2D eigenvalue weighted by molar-refractivity contribution is 7.84. The number of allylic oxidation sites excluding steroid dienone is 1. The van der Waals surface area contributed by atoms with E-state index in [2.05, 4.69) is 40.8 Å². The molecule has 7 unspecified atom stereocenters. The lowest BCUT2D eigenvalue weighted by atomic mass is 9.66. The number of nitrogens with one attached hydrogen (secondary N) is 1. The van der Waals surface area contributed by atoms with Crippen LogP contribution in [0.1, 0.15) is 67.4 Å². The van der Waals surface area contributed by atoms with E-state index in [9.17, 15) is 9.00 Å². The number of fused-ring (bicyclic) bond motifs is 4. The average molecular weight is 684 g/mol. The molecule has 6 N–H and O–H groups in total. The second-order valence-electron chi connectivity index (χ2n) is 13.6. The lowest BCUT2D eigenvalue weighted by Gasteiger charge is -2.46. The Morgan fingerprint density at radius 2 is 2.02 bits per heavy atom. The topological polar surface area (TPSA) is 134 Å². The first-order valence-corrected chi connectivity index (χ1v) is 18.3. The molecular weight excluding hydrogens is 634 g/mol. The molecule has 1 saturated carbocycles. The number of nitrogens with two attached hydrogens (primary N) is 2. The summed E-state index contributed by atoms with van der Waals surface area (Å²) in [4.78, 5) is 15.9. The molecule has 0 radical (unpaired) electrons. The van der Waals surface area contributed by atoms with Crippen LogP contribution in [0.3, 0.4) is 0 Å². The molecule has 2 heterocycles. The number of aryl methyl sites for hydroxylation is 1. The number of anilines is 1. The van der Waals surface area contributed by atoms with Gasteiger partial charge in [0.1, 0.15) is 16.7 Å². The number of hydrazine groups is 1. The first-order valence-electron chi connectivity index (χ1n) is 16.7. The van der Waals surface area contributed by atoms with Crippen LogP contribution in [0.15, 0.2) is 61.0 Å². The van der Waals surface area contributed by atoms with Crippen LogP contribution in [0.2, 0.25) is 5.02 Å². The van der Waals surface area contributed by atoms with Crippen molar-refractivity contribution < 1.29 is 18.8 Å². The number of nitrogens with zero attached hydrogens (tertiary/aromatic N) is 2. The number of amides is 1. The number of aliphatic hydroxyl groups is 1. The highest BCUT2D eigenvalue weighted by Gasteiger charge is 2.44. The van der Waals surface area contributed by atoms with E-state index in [1.807, 2.05) is 25.1 Å². The van der Waals surface area contributed by atoms with Gasteiger partial charge in [0.15, 0.2) is 0 Å². The van der Waals surface area contributed by atoms with E-state index in [0.29, 0.717) is 30.6 Å². The Bertz CT molecular complexity index is 1500. The summed E-state index contributed by atoms with van der Waals surface area (Å²) in [5, 5.41) is 9.23. The van der Waals surface area contributed by atoms with Crippen LogP contribution in [0.5, 0.6) is 5.75 Å². The van der Waals surface area contributed by atoms with Gasteiger partial charge in [0.25, 0.3) is 5.91 Å². The quantitative estimate of drug-likeness (QED) is 0.201. The number of hydrogen-bond acceptors (Lipinski definition) is 8. The lowest BCUT2D eigenvalue weighted by Crippen LogP contribution is -2.49. The molecule has 47 heavy (non-hydrogen) atoms. The minimum absolute atomic E-state index is 0.117. The number of halogens is 1. The Kier molecular flexibility index (Phi) is 11.6. The Morgan fingerprint density at radius 1 is 1.21 bits per heavy atom. The van der Waals surface area contributed by atoms with Crippen molar-refractivity contribution >= 4 is 34.2 Å². The molecule has 2 aliphatic carbocycles. The molecule has 9 nitrogen and oxygen atoms in total. The molecule has 1 spiro atoms. The summed E-state index contributed by atoms with van der Waals surface area (Å²) in [5.74, 6) is 8.04. The molecule has 4 aliphatic rings. The molecule has 7 atom stereocenters. The molecule has 0 aromatic heterocycles. The van der Waals surface area contributed by atoms with Crippen LogP contribution in [-0.4, -0.2) is 58.8 Å². The van der Waals surface area contributed by atoms with Gasteiger partial charge in [-0.25, -0.2) is 10.1 Å². The second kappa shape index (κ2) is 15.4. The monoisotopic (exact) mass is 683 g/mol. The summed E-state index contributed by atoms with van der Waals surface area (Å²) >= 11 is 6.44. The van der Waals surface area contributed by atoms with Crippen LogP contribution < -0.4 is 25.9 Å². The fraction of sp³-hybridized carbons (Fsp3) is 0.528. The summed E-state index contributed by atoms with van der Waals surface area (Å²) in [6.45, 7) is 6.87. The Balaban J connectivity index is 0.00000213. The van der Waals surface area contributed by atoms with Gasteiger partial charge in [-0.1, -0.05) is 36.7 Å². The van der Waals surface area contributed by atoms with Gasteiger partial charge in [0.05, 0.1) is 17.5 Å². The lowest BCUT2D eigenvalue weighted by molar-refractivity contribution is 0.0982. The summed E-state index contributed by atoms with van der Waals surface area (Å²) < 4.78 is 22.7. The number of carbonyl (C=O) groups is 1. The molecule has 11 heteroatoms. The van der Waals surface area contributed by atoms with Crippen LogP contribution in [-0.2, 0) is 22.8 Å². The fourth-order valence-electron chi connectivity index (χ4n) is 7.79. The van der Waals surface area contributed by atoms with Crippen LogP contribution >= 0.6 is 11.6 Å². The van der Waals surface area contributed by atoms with E-state index in [-0.39, 0.29) is 28.4 Å². The molecule has 1 fully saturated rings. The van der Waals surface area contributed by atoms with Gasteiger partial charge in [-0.05, 0) is 111 Å². The van der Waals surface area contributed by atoms with Gasteiger partial charge in [-0.2, -0.15) is 0 Å².